The molecular formula is C14H14N4O. The summed E-state index contributed by atoms with van der Waals surface area (Å²) in [5.41, 5.74) is 9.26. The fourth-order valence-corrected chi connectivity index (χ4v) is 2.12. The van der Waals surface area contributed by atoms with E-state index in [-0.39, 0.29) is 0 Å². The summed E-state index contributed by atoms with van der Waals surface area (Å²) >= 11 is 0. The molecule has 0 fully saturated rings. The number of anilines is 1. The average Bonchev–Trinajstić information content (AvgIpc) is 2.82. The summed E-state index contributed by atoms with van der Waals surface area (Å²) in [7, 11) is 1.67. The van der Waals surface area contributed by atoms with Gasteiger partial charge in [0.2, 0.25) is 0 Å². The third kappa shape index (κ3) is 2.10. The second-order valence-electron chi connectivity index (χ2n) is 4.31. The SMILES string of the molecule is COc1ccccc1Cc1cnn2cc(N)cnc12. The van der Waals surface area contributed by atoms with Gasteiger partial charge in [-0.3, -0.25) is 0 Å². The van der Waals surface area contributed by atoms with Crippen LogP contribution in [0.2, 0.25) is 0 Å². The van der Waals surface area contributed by atoms with E-state index in [0.717, 1.165) is 28.9 Å². The van der Waals surface area contributed by atoms with Gasteiger partial charge in [-0.15, -0.1) is 0 Å². The van der Waals surface area contributed by atoms with Gasteiger partial charge in [-0.25, -0.2) is 9.50 Å². The molecule has 2 heterocycles. The largest absolute Gasteiger partial charge is 0.496 e. The topological polar surface area (TPSA) is 65.4 Å². The van der Waals surface area contributed by atoms with Crippen LogP contribution >= 0.6 is 0 Å². The smallest absolute Gasteiger partial charge is 0.158 e. The van der Waals surface area contributed by atoms with E-state index in [1.807, 2.05) is 30.5 Å². The molecule has 0 spiro atoms. The van der Waals surface area contributed by atoms with Crippen LogP contribution in [0.15, 0.2) is 42.9 Å². The highest BCUT2D eigenvalue weighted by Gasteiger charge is 2.09. The van der Waals surface area contributed by atoms with E-state index in [0.29, 0.717) is 5.69 Å². The Hall–Kier alpha value is -2.56. The van der Waals surface area contributed by atoms with Crippen LogP contribution in [0.5, 0.6) is 5.75 Å². The molecule has 0 aliphatic heterocycles. The van der Waals surface area contributed by atoms with Crippen LogP contribution in [0.1, 0.15) is 11.1 Å². The number of para-hydroxylation sites is 1. The summed E-state index contributed by atoms with van der Waals surface area (Å²) < 4.78 is 7.05. The van der Waals surface area contributed by atoms with Crippen LogP contribution in [-0.2, 0) is 6.42 Å². The molecule has 0 saturated carbocycles. The first kappa shape index (κ1) is 11.5. The summed E-state index contributed by atoms with van der Waals surface area (Å²) in [6.07, 6.45) is 5.94. The second kappa shape index (κ2) is 4.61. The highest BCUT2D eigenvalue weighted by molar-refractivity contribution is 5.52. The van der Waals surface area contributed by atoms with Gasteiger partial charge in [-0.05, 0) is 11.6 Å². The second-order valence-corrected chi connectivity index (χ2v) is 4.31. The molecule has 2 N–H and O–H groups in total. The van der Waals surface area contributed by atoms with Crippen LogP contribution in [-0.4, -0.2) is 21.7 Å². The Bertz CT molecular complexity index is 720. The van der Waals surface area contributed by atoms with Crippen molar-refractivity contribution in [2.45, 2.75) is 6.42 Å². The van der Waals surface area contributed by atoms with Gasteiger partial charge in [0.1, 0.15) is 5.75 Å². The lowest BCUT2D eigenvalue weighted by atomic mass is 10.1. The summed E-state index contributed by atoms with van der Waals surface area (Å²) in [6.45, 7) is 0. The number of aromatic nitrogens is 3. The molecule has 0 atom stereocenters. The van der Waals surface area contributed by atoms with Crippen LogP contribution in [0.25, 0.3) is 5.65 Å². The predicted molar refractivity (Wildman–Crippen MR) is 73.2 cm³/mol. The first-order chi connectivity index (χ1) is 9.28. The van der Waals surface area contributed by atoms with E-state index < -0.39 is 0 Å². The fourth-order valence-electron chi connectivity index (χ4n) is 2.12. The summed E-state index contributed by atoms with van der Waals surface area (Å²) in [6, 6.07) is 7.94. The fraction of sp³-hybridized carbons (Fsp3) is 0.143. The molecule has 0 saturated heterocycles. The van der Waals surface area contributed by atoms with Crippen molar-refractivity contribution in [1.82, 2.24) is 14.6 Å². The van der Waals surface area contributed by atoms with Crippen molar-refractivity contribution in [2.24, 2.45) is 0 Å². The molecule has 2 aromatic heterocycles. The van der Waals surface area contributed by atoms with E-state index >= 15 is 0 Å². The van der Waals surface area contributed by atoms with Crippen LogP contribution < -0.4 is 10.5 Å². The zero-order valence-electron chi connectivity index (χ0n) is 10.6. The quantitative estimate of drug-likeness (QED) is 0.775. The van der Waals surface area contributed by atoms with Crippen molar-refractivity contribution < 1.29 is 4.74 Å². The predicted octanol–water partition coefficient (Wildman–Crippen LogP) is 1.91. The molecule has 19 heavy (non-hydrogen) atoms. The normalized spacial score (nSPS) is 10.8. The Morgan fingerprint density at radius 1 is 1.21 bits per heavy atom. The Kier molecular flexibility index (Phi) is 2.79. The Morgan fingerprint density at radius 3 is 2.89 bits per heavy atom. The van der Waals surface area contributed by atoms with Gasteiger partial charge in [0.15, 0.2) is 5.65 Å². The van der Waals surface area contributed by atoms with Gasteiger partial charge in [-0.2, -0.15) is 5.10 Å². The van der Waals surface area contributed by atoms with Gasteiger partial charge in [0.05, 0.1) is 31.4 Å². The minimum atomic E-state index is 0.597. The Morgan fingerprint density at radius 2 is 2.05 bits per heavy atom. The Labute approximate surface area is 110 Å². The molecule has 0 radical (unpaired) electrons. The van der Waals surface area contributed by atoms with Crippen molar-refractivity contribution in [3.8, 4) is 5.75 Å². The van der Waals surface area contributed by atoms with Crippen molar-refractivity contribution in [3.05, 3.63) is 54.0 Å². The van der Waals surface area contributed by atoms with Crippen LogP contribution in [0.4, 0.5) is 5.69 Å². The minimum Gasteiger partial charge on any atom is -0.496 e. The number of hydrogen-bond acceptors (Lipinski definition) is 4. The number of methoxy groups -OCH3 is 1. The number of rotatable bonds is 3. The van der Waals surface area contributed by atoms with Crippen molar-refractivity contribution >= 4 is 11.3 Å². The molecule has 0 aliphatic carbocycles. The standard InChI is InChI=1S/C14H14N4O/c1-19-13-5-3-2-4-10(13)6-11-7-17-18-9-12(15)8-16-14(11)18/h2-5,7-9H,6,15H2,1H3. The summed E-state index contributed by atoms with van der Waals surface area (Å²) in [5.74, 6) is 0.872. The molecule has 0 aliphatic rings. The van der Waals surface area contributed by atoms with Crippen LogP contribution in [0.3, 0.4) is 0 Å². The molecule has 0 unspecified atom stereocenters. The zero-order chi connectivity index (χ0) is 13.2. The molecule has 1 aromatic carbocycles. The average molecular weight is 254 g/mol. The van der Waals surface area contributed by atoms with Gasteiger partial charge in [-0.1, -0.05) is 18.2 Å². The lowest BCUT2D eigenvalue weighted by molar-refractivity contribution is 0.410. The maximum Gasteiger partial charge on any atom is 0.158 e. The third-order valence-electron chi connectivity index (χ3n) is 3.02. The van der Waals surface area contributed by atoms with E-state index in [1.54, 1.807) is 24.0 Å². The molecule has 0 amide bonds. The first-order valence-electron chi connectivity index (χ1n) is 5.97. The van der Waals surface area contributed by atoms with Crippen molar-refractivity contribution in [3.63, 3.8) is 0 Å². The van der Waals surface area contributed by atoms with Gasteiger partial charge < -0.3 is 10.5 Å². The molecule has 5 heteroatoms. The molecule has 5 nitrogen and oxygen atoms in total. The minimum absolute atomic E-state index is 0.597. The Balaban J connectivity index is 2.01. The van der Waals surface area contributed by atoms with Gasteiger partial charge >= 0.3 is 0 Å². The lowest BCUT2D eigenvalue weighted by Crippen LogP contribution is -1.96. The number of benzene rings is 1. The van der Waals surface area contributed by atoms with Gasteiger partial charge in [0, 0.05) is 12.0 Å². The molecule has 3 rings (SSSR count). The summed E-state index contributed by atoms with van der Waals surface area (Å²) in [5, 5.41) is 4.26. The molecule has 3 aromatic rings. The number of fused-ring (bicyclic) bond motifs is 1. The number of nitrogen functional groups attached to an aromatic ring is 1. The number of nitrogens with zero attached hydrogens (tertiary/aromatic N) is 3. The molecule has 96 valence electrons. The molecule has 0 bridgehead atoms. The van der Waals surface area contributed by atoms with Gasteiger partial charge in [0.25, 0.3) is 0 Å². The lowest BCUT2D eigenvalue weighted by Gasteiger charge is -2.06. The molecular weight excluding hydrogens is 240 g/mol. The zero-order valence-corrected chi connectivity index (χ0v) is 10.6. The highest BCUT2D eigenvalue weighted by Crippen LogP contribution is 2.22. The van der Waals surface area contributed by atoms with Crippen molar-refractivity contribution in [1.29, 1.82) is 0 Å². The van der Waals surface area contributed by atoms with E-state index in [2.05, 4.69) is 10.1 Å². The number of ether oxygens (including phenoxy) is 1. The highest BCUT2D eigenvalue weighted by atomic mass is 16.5. The first-order valence-corrected chi connectivity index (χ1v) is 5.97. The van der Waals surface area contributed by atoms with E-state index in [9.17, 15) is 0 Å². The monoisotopic (exact) mass is 254 g/mol. The van der Waals surface area contributed by atoms with E-state index in [1.165, 1.54) is 0 Å². The summed E-state index contributed by atoms with van der Waals surface area (Å²) in [4.78, 5) is 4.33. The maximum atomic E-state index is 5.69. The number of nitrogens with two attached hydrogens (primary N) is 1. The van der Waals surface area contributed by atoms with Crippen molar-refractivity contribution in [2.75, 3.05) is 12.8 Å². The maximum absolute atomic E-state index is 5.69. The number of hydrogen-bond donors (Lipinski definition) is 1. The third-order valence-corrected chi connectivity index (χ3v) is 3.02. The van der Waals surface area contributed by atoms with Crippen LogP contribution in [0, 0.1) is 0 Å². The van der Waals surface area contributed by atoms with E-state index in [4.69, 9.17) is 10.5 Å².